The highest BCUT2D eigenvalue weighted by atomic mass is 35.5. The number of rotatable bonds is 5. The van der Waals surface area contributed by atoms with Crippen molar-refractivity contribution in [1.29, 1.82) is 0 Å². The first kappa shape index (κ1) is 25.9. The molecule has 3 aromatic carbocycles. The van der Waals surface area contributed by atoms with Gasteiger partial charge in [-0.1, -0.05) is 42.5 Å². The van der Waals surface area contributed by atoms with Crippen LogP contribution in [0.4, 0.5) is 17.2 Å². The number of carbonyl (C=O) groups excluding carboxylic acids is 3. The Kier molecular flexibility index (Phi) is 8.22. The van der Waals surface area contributed by atoms with E-state index in [2.05, 4.69) is 33.6 Å². The highest BCUT2D eigenvalue weighted by Crippen LogP contribution is 2.36. The lowest BCUT2D eigenvalue weighted by Gasteiger charge is -2.22. The lowest BCUT2D eigenvalue weighted by atomic mass is 10.1. The number of halogens is 2. The van der Waals surface area contributed by atoms with Gasteiger partial charge in [0.05, 0.1) is 24.1 Å². The van der Waals surface area contributed by atoms with Crippen molar-refractivity contribution in [3.8, 4) is 5.75 Å². The third kappa shape index (κ3) is 6.35. The van der Waals surface area contributed by atoms with E-state index in [1.165, 1.54) is 0 Å². The molecule has 0 unspecified atom stereocenters. The first-order valence-corrected chi connectivity index (χ1v) is 11.9. The molecule has 0 fully saturated rings. The Labute approximate surface area is 223 Å². The fraction of sp³-hybridized carbons (Fsp3) is 0.111. The number of hydrogen-bond acceptors (Lipinski definition) is 6. The van der Waals surface area contributed by atoms with E-state index in [1.807, 2.05) is 85.9 Å². The van der Waals surface area contributed by atoms with Crippen LogP contribution >= 0.6 is 23.2 Å². The van der Waals surface area contributed by atoms with Gasteiger partial charge in [-0.3, -0.25) is 19.1 Å². The summed E-state index contributed by atoms with van der Waals surface area (Å²) < 4.78 is 7.64. The summed E-state index contributed by atoms with van der Waals surface area (Å²) in [6.07, 6.45) is 1.80. The van der Waals surface area contributed by atoms with E-state index in [0.29, 0.717) is 18.7 Å². The minimum Gasteiger partial charge on any atom is -0.489 e. The summed E-state index contributed by atoms with van der Waals surface area (Å²) in [7, 11) is 1.89. The maximum atomic E-state index is 13.5. The SMILES string of the molecule is Cn1ncc2c1Nc1ccccc1N(C(=O)c1ccc(OCc3ccccc3)cc1)C2.O=C(Cl)C(=O)Cl. The summed E-state index contributed by atoms with van der Waals surface area (Å²) in [5.74, 6) is 1.56. The average molecular weight is 537 g/mol. The molecule has 0 saturated heterocycles. The second-order valence-corrected chi connectivity index (χ2v) is 8.71. The van der Waals surface area contributed by atoms with E-state index >= 15 is 0 Å². The Balaban J connectivity index is 0.000000480. The number of carbonyl (C=O) groups is 3. The van der Waals surface area contributed by atoms with Crippen LogP contribution in [0.25, 0.3) is 0 Å². The monoisotopic (exact) mass is 536 g/mol. The maximum absolute atomic E-state index is 13.5. The molecule has 0 aliphatic carbocycles. The van der Waals surface area contributed by atoms with Crippen LogP contribution in [0.1, 0.15) is 21.5 Å². The molecule has 0 bridgehead atoms. The molecule has 4 aromatic rings. The summed E-state index contributed by atoms with van der Waals surface area (Å²) in [4.78, 5) is 34.1. The predicted octanol–water partition coefficient (Wildman–Crippen LogP) is 5.42. The molecule has 0 spiro atoms. The third-order valence-electron chi connectivity index (χ3n) is 5.54. The highest BCUT2D eigenvalue weighted by Gasteiger charge is 2.26. The summed E-state index contributed by atoms with van der Waals surface area (Å²) in [5.41, 5.74) is 4.39. The third-order valence-corrected chi connectivity index (χ3v) is 5.98. The van der Waals surface area contributed by atoms with Crippen LogP contribution in [0.15, 0.2) is 85.1 Å². The zero-order valence-corrected chi connectivity index (χ0v) is 21.2. The van der Waals surface area contributed by atoms with Gasteiger partial charge in [0.2, 0.25) is 0 Å². The largest absolute Gasteiger partial charge is 0.489 e. The molecule has 188 valence electrons. The lowest BCUT2D eigenvalue weighted by molar-refractivity contribution is -0.127. The Morgan fingerprint density at radius 3 is 2.24 bits per heavy atom. The first-order chi connectivity index (χ1) is 17.8. The van der Waals surface area contributed by atoms with Gasteiger partial charge in [0.1, 0.15) is 18.2 Å². The maximum Gasteiger partial charge on any atom is 0.304 e. The van der Waals surface area contributed by atoms with Crippen LogP contribution in [-0.4, -0.2) is 26.2 Å². The minimum absolute atomic E-state index is 0.0689. The zero-order chi connectivity index (χ0) is 26.4. The van der Waals surface area contributed by atoms with Gasteiger partial charge in [-0.05, 0) is 65.2 Å². The standard InChI is InChI=1S/C25H22N4O2.C2Cl2O2/c1-28-24-20(15-26-28)16-29(23-10-6-5-9-22(23)27-24)25(30)19-11-13-21(14-12-19)31-17-18-7-3-2-4-8-18;3-1(5)2(4)6/h2-15,27H,16-17H2,1H3;. The number of anilines is 3. The van der Waals surface area contributed by atoms with Crippen molar-refractivity contribution >= 4 is 56.8 Å². The molecular formula is C27H22Cl2N4O4. The van der Waals surface area contributed by atoms with Crippen molar-refractivity contribution in [3.05, 3.63) is 102 Å². The number of benzene rings is 3. The fourth-order valence-electron chi connectivity index (χ4n) is 3.73. The van der Waals surface area contributed by atoms with Crippen LogP contribution in [0, 0.1) is 0 Å². The van der Waals surface area contributed by atoms with Crippen LogP contribution in [-0.2, 0) is 29.8 Å². The Morgan fingerprint density at radius 2 is 1.57 bits per heavy atom. The molecule has 5 rings (SSSR count). The van der Waals surface area contributed by atoms with Gasteiger partial charge in [0, 0.05) is 18.2 Å². The number of hydrogen-bond donors (Lipinski definition) is 1. The zero-order valence-electron chi connectivity index (χ0n) is 19.7. The van der Waals surface area contributed by atoms with Crippen LogP contribution in [0.5, 0.6) is 5.75 Å². The summed E-state index contributed by atoms with van der Waals surface area (Å²) in [5, 5.41) is 5.47. The molecule has 1 aromatic heterocycles. The fourth-order valence-corrected chi connectivity index (χ4v) is 3.73. The van der Waals surface area contributed by atoms with Crippen LogP contribution < -0.4 is 15.0 Å². The molecule has 1 amide bonds. The number of para-hydroxylation sites is 2. The Bertz CT molecular complexity index is 1410. The number of amides is 1. The molecule has 2 heterocycles. The van der Waals surface area contributed by atoms with Crippen molar-refractivity contribution in [1.82, 2.24) is 9.78 Å². The molecule has 1 aliphatic heterocycles. The van der Waals surface area contributed by atoms with Crippen molar-refractivity contribution < 1.29 is 19.1 Å². The van der Waals surface area contributed by atoms with Gasteiger partial charge in [0.15, 0.2) is 0 Å². The Hall–Kier alpha value is -4.14. The molecule has 1 N–H and O–H groups in total. The number of aromatic nitrogens is 2. The molecular weight excluding hydrogens is 515 g/mol. The molecule has 1 aliphatic rings. The molecule has 8 nitrogen and oxygen atoms in total. The van der Waals surface area contributed by atoms with E-state index in [0.717, 1.165) is 34.1 Å². The van der Waals surface area contributed by atoms with Crippen molar-refractivity contribution in [3.63, 3.8) is 0 Å². The lowest BCUT2D eigenvalue weighted by Crippen LogP contribution is -2.29. The minimum atomic E-state index is -1.14. The van der Waals surface area contributed by atoms with E-state index in [1.54, 1.807) is 15.8 Å². The number of aryl methyl sites for hydroxylation is 1. The summed E-state index contributed by atoms with van der Waals surface area (Å²) in [6.45, 7) is 0.932. The molecule has 0 saturated carbocycles. The molecule has 0 radical (unpaired) electrons. The molecule has 37 heavy (non-hydrogen) atoms. The normalized spacial score (nSPS) is 11.6. The van der Waals surface area contributed by atoms with Gasteiger partial charge in [-0.15, -0.1) is 0 Å². The highest BCUT2D eigenvalue weighted by molar-refractivity contribution is 6.97. The van der Waals surface area contributed by atoms with Crippen LogP contribution in [0.2, 0.25) is 0 Å². The number of nitrogens with zero attached hydrogens (tertiary/aromatic N) is 3. The second-order valence-electron chi connectivity index (χ2n) is 8.02. The van der Waals surface area contributed by atoms with Crippen molar-refractivity contribution in [2.75, 3.05) is 10.2 Å². The van der Waals surface area contributed by atoms with Crippen LogP contribution in [0.3, 0.4) is 0 Å². The average Bonchev–Trinajstić information content (AvgIpc) is 3.16. The van der Waals surface area contributed by atoms with E-state index in [-0.39, 0.29) is 5.91 Å². The van der Waals surface area contributed by atoms with Crippen molar-refractivity contribution in [2.45, 2.75) is 13.2 Å². The van der Waals surface area contributed by atoms with E-state index in [4.69, 9.17) is 4.74 Å². The Morgan fingerprint density at radius 1 is 0.919 bits per heavy atom. The predicted molar refractivity (Wildman–Crippen MR) is 142 cm³/mol. The quantitative estimate of drug-likeness (QED) is 0.270. The summed E-state index contributed by atoms with van der Waals surface area (Å²) >= 11 is 8.98. The first-order valence-electron chi connectivity index (χ1n) is 11.2. The van der Waals surface area contributed by atoms with E-state index in [9.17, 15) is 14.4 Å². The number of ether oxygens (including phenoxy) is 1. The second kappa shape index (κ2) is 11.7. The van der Waals surface area contributed by atoms with E-state index < -0.39 is 10.5 Å². The van der Waals surface area contributed by atoms with Crippen molar-refractivity contribution in [2.24, 2.45) is 7.05 Å². The van der Waals surface area contributed by atoms with Gasteiger partial charge in [-0.25, -0.2) is 0 Å². The molecule has 0 atom stereocenters. The summed E-state index contributed by atoms with van der Waals surface area (Å²) in [6, 6.07) is 25.1. The number of nitrogens with one attached hydrogen (secondary N) is 1. The van der Waals surface area contributed by atoms with Gasteiger partial charge >= 0.3 is 10.5 Å². The number of fused-ring (bicyclic) bond motifs is 2. The van der Waals surface area contributed by atoms with Gasteiger partial charge < -0.3 is 15.0 Å². The van der Waals surface area contributed by atoms with Gasteiger partial charge in [-0.2, -0.15) is 5.10 Å². The molecule has 10 heteroatoms. The topological polar surface area (TPSA) is 93.5 Å². The smallest absolute Gasteiger partial charge is 0.304 e. The van der Waals surface area contributed by atoms with Gasteiger partial charge in [0.25, 0.3) is 5.91 Å².